The third-order valence-electron chi connectivity index (χ3n) is 3.01. The molecule has 2 rings (SSSR count). The standard InChI is InChI=1S/C15H16N2O2S/c1-10-8-13(19-3)15(9-12(10)18-2)20-14-7-5-4-6-11(14)17-16/h4-9,14H,1-3H3. The van der Waals surface area contributed by atoms with E-state index in [-0.39, 0.29) is 5.25 Å². The highest BCUT2D eigenvalue weighted by molar-refractivity contribution is 8.01. The lowest BCUT2D eigenvalue weighted by molar-refractivity contribution is -0.00494. The van der Waals surface area contributed by atoms with E-state index in [1.807, 2.05) is 37.3 Å². The van der Waals surface area contributed by atoms with Crippen molar-refractivity contribution in [1.82, 2.24) is 0 Å². The summed E-state index contributed by atoms with van der Waals surface area (Å²) in [6.07, 6.45) is 7.55. The zero-order valence-corrected chi connectivity index (χ0v) is 12.5. The van der Waals surface area contributed by atoms with Gasteiger partial charge in [-0.15, -0.1) is 11.8 Å². The van der Waals surface area contributed by atoms with Crippen LogP contribution in [0.2, 0.25) is 0 Å². The molecule has 0 aliphatic heterocycles. The van der Waals surface area contributed by atoms with Crippen LogP contribution in [0.1, 0.15) is 5.56 Å². The fraction of sp³-hybridized carbons (Fsp3) is 0.267. The first kappa shape index (κ1) is 14.4. The number of hydrogen-bond acceptors (Lipinski definition) is 3. The summed E-state index contributed by atoms with van der Waals surface area (Å²) in [5, 5.41) is -0.0497. The summed E-state index contributed by atoms with van der Waals surface area (Å²) in [5.41, 5.74) is 10.7. The minimum Gasteiger partial charge on any atom is -0.496 e. The summed E-state index contributed by atoms with van der Waals surface area (Å²) in [6.45, 7) is 1.97. The Hall–Kier alpha value is -1.97. The maximum atomic E-state index is 9.04. The highest BCUT2D eigenvalue weighted by Gasteiger charge is 2.23. The van der Waals surface area contributed by atoms with Crippen molar-refractivity contribution >= 4 is 17.5 Å². The van der Waals surface area contributed by atoms with E-state index in [0.717, 1.165) is 22.0 Å². The second-order valence-electron chi connectivity index (χ2n) is 4.28. The van der Waals surface area contributed by atoms with Crippen LogP contribution in [-0.4, -0.2) is 30.0 Å². The van der Waals surface area contributed by atoms with E-state index in [1.165, 1.54) is 0 Å². The smallest absolute Gasteiger partial charge is 0.309 e. The Kier molecular flexibility index (Phi) is 4.66. The molecule has 104 valence electrons. The van der Waals surface area contributed by atoms with Gasteiger partial charge in [-0.3, -0.25) is 0 Å². The summed E-state index contributed by atoms with van der Waals surface area (Å²) in [4.78, 5) is 4.27. The Morgan fingerprint density at radius 3 is 2.55 bits per heavy atom. The first-order valence-electron chi connectivity index (χ1n) is 6.15. The minimum atomic E-state index is -0.0497. The van der Waals surface area contributed by atoms with Crippen LogP contribution in [0.15, 0.2) is 41.3 Å². The van der Waals surface area contributed by atoms with Gasteiger partial charge < -0.3 is 15.0 Å². The fourth-order valence-electron chi connectivity index (χ4n) is 1.95. The molecule has 0 amide bonds. The summed E-state index contributed by atoms with van der Waals surface area (Å²) < 4.78 is 10.8. The first-order chi connectivity index (χ1) is 9.69. The van der Waals surface area contributed by atoms with E-state index in [9.17, 15) is 0 Å². The molecule has 1 aliphatic rings. The molecule has 5 heteroatoms. The molecule has 0 aromatic heterocycles. The van der Waals surface area contributed by atoms with Crippen molar-refractivity contribution in [3.05, 3.63) is 47.5 Å². The molecular weight excluding hydrogens is 272 g/mol. The van der Waals surface area contributed by atoms with Gasteiger partial charge in [-0.2, -0.15) is 4.79 Å². The number of rotatable bonds is 4. The van der Waals surface area contributed by atoms with E-state index >= 15 is 0 Å². The minimum absolute atomic E-state index is 0.0497. The number of benzene rings is 1. The molecule has 0 saturated carbocycles. The van der Waals surface area contributed by atoms with Crippen molar-refractivity contribution in [2.75, 3.05) is 14.2 Å². The Bertz CT molecular complexity index is 617. The quantitative estimate of drug-likeness (QED) is 0.631. The summed E-state index contributed by atoms with van der Waals surface area (Å²) in [6, 6.07) is 3.89. The molecule has 0 spiro atoms. The zero-order valence-electron chi connectivity index (χ0n) is 11.7. The van der Waals surface area contributed by atoms with E-state index in [4.69, 9.17) is 15.0 Å². The van der Waals surface area contributed by atoms with Gasteiger partial charge >= 0.3 is 5.71 Å². The molecule has 1 aliphatic carbocycles. The number of methoxy groups -OCH3 is 2. The molecule has 1 aromatic carbocycles. The fourth-order valence-corrected chi connectivity index (χ4v) is 3.08. The molecule has 1 unspecified atom stereocenters. The van der Waals surface area contributed by atoms with Gasteiger partial charge in [-0.25, -0.2) is 0 Å². The molecule has 0 heterocycles. The highest BCUT2D eigenvalue weighted by Crippen LogP contribution is 2.38. The molecular formula is C15H16N2O2S. The first-order valence-corrected chi connectivity index (χ1v) is 7.03. The average Bonchev–Trinajstić information content (AvgIpc) is 2.49. The van der Waals surface area contributed by atoms with Gasteiger partial charge in [0.2, 0.25) is 0 Å². The van der Waals surface area contributed by atoms with Gasteiger partial charge in [0.05, 0.1) is 19.1 Å². The lowest BCUT2D eigenvalue weighted by Crippen LogP contribution is -2.15. The second kappa shape index (κ2) is 6.46. The van der Waals surface area contributed by atoms with Crippen LogP contribution in [0.3, 0.4) is 0 Å². The Morgan fingerprint density at radius 1 is 1.15 bits per heavy atom. The predicted octanol–water partition coefficient (Wildman–Crippen LogP) is 3.27. The second-order valence-corrected chi connectivity index (χ2v) is 5.46. The number of thioether (sulfide) groups is 1. The lowest BCUT2D eigenvalue weighted by Gasteiger charge is -2.15. The van der Waals surface area contributed by atoms with Crippen molar-refractivity contribution in [2.24, 2.45) is 0 Å². The summed E-state index contributed by atoms with van der Waals surface area (Å²) >= 11 is 1.55. The number of allylic oxidation sites excluding steroid dienone is 3. The van der Waals surface area contributed by atoms with Crippen LogP contribution >= 0.6 is 11.8 Å². The van der Waals surface area contributed by atoms with E-state index in [2.05, 4.69) is 4.79 Å². The monoisotopic (exact) mass is 288 g/mol. The highest BCUT2D eigenvalue weighted by atomic mass is 32.2. The third-order valence-corrected chi connectivity index (χ3v) is 4.23. The van der Waals surface area contributed by atoms with Crippen LogP contribution in [0.5, 0.6) is 11.5 Å². The predicted molar refractivity (Wildman–Crippen MR) is 80.8 cm³/mol. The third kappa shape index (κ3) is 2.95. The molecule has 4 nitrogen and oxygen atoms in total. The number of ether oxygens (including phenoxy) is 2. The van der Waals surface area contributed by atoms with Crippen molar-refractivity contribution in [3.63, 3.8) is 0 Å². The van der Waals surface area contributed by atoms with Crippen molar-refractivity contribution in [3.8, 4) is 11.5 Å². The Morgan fingerprint density at radius 2 is 1.90 bits per heavy atom. The van der Waals surface area contributed by atoms with Gasteiger partial charge in [-0.1, -0.05) is 18.2 Å². The van der Waals surface area contributed by atoms with Crippen LogP contribution in [0.25, 0.3) is 5.53 Å². The van der Waals surface area contributed by atoms with Crippen LogP contribution in [0, 0.1) is 6.92 Å². The maximum Gasteiger partial charge on any atom is 0.309 e. The molecule has 0 radical (unpaired) electrons. The van der Waals surface area contributed by atoms with Gasteiger partial charge in [0.1, 0.15) is 16.7 Å². The Balaban J connectivity index is 2.35. The van der Waals surface area contributed by atoms with Crippen LogP contribution in [0.4, 0.5) is 0 Å². The van der Waals surface area contributed by atoms with Gasteiger partial charge in [0.15, 0.2) is 0 Å². The SMILES string of the molecule is COc1cc(SC2C=CC=CC2=[N+]=[N-])c(OC)cc1C. The summed E-state index contributed by atoms with van der Waals surface area (Å²) in [5.74, 6) is 1.60. The van der Waals surface area contributed by atoms with E-state index < -0.39 is 0 Å². The molecule has 0 N–H and O–H groups in total. The van der Waals surface area contributed by atoms with Gasteiger partial charge in [0, 0.05) is 6.08 Å². The number of nitrogens with zero attached hydrogens (tertiary/aromatic N) is 2. The van der Waals surface area contributed by atoms with E-state index in [1.54, 1.807) is 32.1 Å². The average molecular weight is 288 g/mol. The Labute approximate surface area is 122 Å². The molecule has 1 atom stereocenters. The van der Waals surface area contributed by atoms with Gasteiger partial charge in [0.25, 0.3) is 0 Å². The van der Waals surface area contributed by atoms with Crippen molar-refractivity contribution < 1.29 is 14.3 Å². The molecule has 20 heavy (non-hydrogen) atoms. The lowest BCUT2D eigenvalue weighted by atomic mass is 10.1. The van der Waals surface area contributed by atoms with Crippen molar-refractivity contribution in [1.29, 1.82) is 0 Å². The zero-order chi connectivity index (χ0) is 14.5. The number of hydrogen-bond donors (Lipinski definition) is 0. The van der Waals surface area contributed by atoms with E-state index in [0.29, 0.717) is 5.71 Å². The number of aryl methyl sites for hydroxylation is 1. The van der Waals surface area contributed by atoms with Crippen LogP contribution < -0.4 is 9.47 Å². The molecule has 0 fully saturated rings. The molecule has 0 saturated heterocycles. The van der Waals surface area contributed by atoms with Crippen LogP contribution in [-0.2, 0) is 0 Å². The summed E-state index contributed by atoms with van der Waals surface area (Å²) in [7, 11) is 3.29. The largest absolute Gasteiger partial charge is 0.496 e. The van der Waals surface area contributed by atoms with Crippen molar-refractivity contribution in [2.45, 2.75) is 17.1 Å². The topological polar surface area (TPSA) is 54.9 Å². The van der Waals surface area contributed by atoms with Gasteiger partial charge in [-0.05, 0) is 24.6 Å². The molecule has 1 aromatic rings. The normalized spacial score (nSPS) is 16.9. The maximum absolute atomic E-state index is 9.04. The molecule has 0 bridgehead atoms.